The molecular weight excluding hydrogens is 444 g/mol. The van der Waals surface area contributed by atoms with Gasteiger partial charge in [0, 0.05) is 43.0 Å². The van der Waals surface area contributed by atoms with Crippen LogP contribution in [-0.4, -0.2) is 60.0 Å². The van der Waals surface area contributed by atoms with Gasteiger partial charge in [-0.1, -0.05) is 12.1 Å². The smallest absolute Gasteiger partial charge is 0.305 e. The highest BCUT2D eigenvalue weighted by atomic mass is 16.5. The highest BCUT2D eigenvalue weighted by Crippen LogP contribution is 2.21. The summed E-state index contributed by atoms with van der Waals surface area (Å²) in [5.74, 6) is -0.397. The van der Waals surface area contributed by atoms with Crippen molar-refractivity contribution in [1.29, 1.82) is 0 Å². The first kappa shape index (κ1) is 24.6. The molecule has 1 saturated heterocycles. The van der Waals surface area contributed by atoms with Gasteiger partial charge in [-0.15, -0.1) is 0 Å². The van der Waals surface area contributed by atoms with E-state index in [4.69, 9.17) is 9.47 Å². The van der Waals surface area contributed by atoms with Gasteiger partial charge < -0.3 is 14.8 Å². The second-order valence-electron chi connectivity index (χ2n) is 8.73. The average Bonchev–Trinajstić information content (AvgIpc) is 3.16. The summed E-state index contributed by atoms with van der Waals surface area (Å²) in [7, 11) is 1.39. The number of carbonyl (C=O) groups is 2. The molecule has 0 radical (unpaired) electrons. The molecule has 1 fully saturated rings. The van der Waals surface area contributed by atoms with Crippen LogP contribution < -0.4 is 5.32 Å². The number of nitrogens with zero attached hydrogens (tertiary/aromatic N) is 3. The third-order valence-electron chi connectivity index (χ3n) is 6.32. The molecule has 8 nitrogen and oxygen atoms in total. The molecule has 1 N–H and O–H groups in total. The number of methoxy groups -OCH3 is 1. The fourth-order valence-corrected chi connectivity index (χ4v) is 4.34. The normalized spacial score (nSPS) is 14.0. The number of carbonyl (C=O) groups excluding carboxylic acids is 2. The monoisotopic (exact) mass is 476 g/mol. The third-order valence-corrected chi connectivity index (χ3v) is 6.32. The summed E-state index contributed by atoms with van der Waals surface area (Å²) in [5.41, 5.74) is 6.25. The van der Waals surface area contributed by atoms with Gasteiger partial charge >= 0.3 is 5.97 Å². The second-order valence-corrected chi connectivity index (χ2v) is 8.73. The van der Waals surface area contributed by atoms with Gasteiger partial charge in [-0.05, 0) is 67.8 Å². The van der Waals surface area contributed by atoms with Crippen molar-refractivity contribution >= 4 is 17.6 Å². The van der Waals surface area contributed by atoms with Crippen LogP contribution in [0.2, 0.25) is 0 Å². The Balaban J connectivity index is 1.41. The molecule has 0 aliphatic carbocycles. The van der Waals surface area contributed by atoms with Crippen molar-refractivity contribution in [3.63, 3.8) is 0 Å². The summed E-state index contributed by atoms with van der Waals surface area (Å²) < 4.78 is 12.0. The predicted octanol–water partition coefficient (Wildman–Crippen LogP) is 3.68. The molecule has 184 valence electrons. The first-order valence-electron chi connectivity index (χ1n) is 11.9. The lowest BCUT2D eigenvalue weighted by atomic mass is 10.1. The van der Waals surface area contributed by atoms with E-state index in [0.717, 1.165) is 66.7 Å². The van der Waals surface area contributed by atoms with Gasteiger partial charge in [-0.3, -0.25) is 14.5 Å². The van der Waals surface area contributed by atoms with E-state index < -0.39 is 0 Å². The van der Waals surface area contributed by atoms with Crippen molar-refractivity contribution in [2.45, 2.75) is 33.2 Å². The fraction of sp³-hybridized carbons (Fsp3) is 0.370. The molecule has 0 unspecified atom stereocenters. The Morgan fingerprint density at radius 3 is 2.54 bits per heavy atom. The number of esters is 1. The molecule has 0 atom stereocenters. The third kappa shape index (κ3) is 6.15. The minimum atomic E-state index is -0.237. The number of aromatic nitrogens is 2. The van der Waals surface area contributed by atoms with Crippen LogP contribution in [0.15, 0.2) is 48.5 Å². The average molecular weight is 477 g/mol. The van der Waals surface area contributed by atoms with E-state index in [9.17, 15) is 9.59 Å². The Morgan fingerprint density at radius 2 is 1.83 bits per heavy atom. The Bertz CT molecular complexity index is 1180. The maximum atomic E-state index is 12.9. The number of amides is 1. The van der Waals surface area contributed by atoms with Crippen LogP contribution in [0.25, 0.3) is 5.69 Å². The number of ether oxygens (including phenoxy) is 2. The van der Waals surface area contributed by atoms with Gasteiger partial charge in [-0.25, -0.2) is 4.68 Å². The van der Waals surface area contributed by atoms with Crippen molar-refractivity contribution in [3.05, 3.63) is 76.6 Å². The van der Waals surface area contributed by atoms with E-state index in [1.807, 2.05) is 48.9 Å². The van der Waals surface area contributed by atoms with Crippen LogP contribution in [0.1, 0.15) is 39.3 Å². The van der Waals surface area contributed by atoms with Crippen molar-refractivity contribution in [2.24, 2.45) is 0 Å². The molecule has 1 amide bonds. The number of aryl methyl sites for hydroxylation is 1. The topological polar surface area (TPSA) is 85.7 Å². The predicted molar refractivity (Wildman–Crippen MR) is 134 cm³/mol. The van der Waals surface area contributed by atoms with E-state index in [1.165, 1.54) is 7.11 Å². The van der Waals surface area contributed by atoms with Gasteiger partial charge in [0.15, 0.2) is 0 Å². The van der Waals surface area contributed by atoms with Crippen LogP contribution in [0.5, 0.6) is 0 Å². The SMILES string of the molecule is COC(=O)CCc1c(C)nn(-c2ccc(C(=O)Nc3cccc(CN4CCOCC4)c3)cc2)c1C. The van der Waals surface area contributed by atoms with E-state index in [0.29, 0.717) is 18.4 Å². The molecule has 0 saturated carbocycles. The van der Waals surface area contributed by atoms with Gasteiger partial charge in [0.05, 0.1) is 31.7 Å². The van der Waals surface area contributed by atoms with Crippen molar-refractivity contribution in [3.8, 4) is 5.69 Å². The minimum Gasteiger partial charge on any atom is -0.469 e. The van der Waals surface area contributed by atoms with E-state index in [1.54, 1.807) is 12.1 Å². The summed E-state index contributed by atoms with van der Waals surface area (Å²) in [5, 5.41) is 7.64. The lowest BCUT2D eigenvalue weighted by Crippen LogP contribution is -2.35. The minimum absolute atomic E-state index is 0.160. The molecule has 2 heterocycles. The van der Waals surface area contributed by atoms with Crippen LogP contribution in [0.3, 0.4) is 0 Å². The summed E-state index contributed by atoms with van der Waals surface area (Å²) >= 11 is 0. The summed E-state index contributed by atoms with van der Waals surface area (Å²) in [6, 6.07) is 15.3. The summed E-state index contributed by atoms with van der Waals surface area (Å²) in [4.78, 5) is 26.7. The molecule has 1 aliphatic heterocycles. The molecule has 3 aromatic rings. The highest BCUT2D eigenvalue weighted by Gasteiger charge is 2.15. The van der Waals surface area contributed by atoms with Gasteiger partial charge in [0.25, 0.3) is 5.91 Å². The van der Waals surface area contributed by atoms with E-state index in [2.05, 4.69) is 21.4 Å². The highest BCUT2D eigenvalue weighted by molar-refractivity contribution is 6.04. The molecule has 0 bridgehead atoms. The molecular formula is C27H32N4O4. The second kappa shape index (κ2) is 11.3. The molecule has 4 rings (SSSR count). The Hall–Kier alpha value is -3.49. The number of nitrogens with one attached hydrogen (secondary N) is 1. The quantitative estimate of drug-likeness (QED) is 0.499. The number of benzene rings is 2. The van der Waals surface area contributed by atoms with Crippen LogP contribution in [0.4, 0.5) is 5.69 Å². The molecule has 0 spiro atoms. The van der Waals surface area contributed by atoms with E-state index in [-0.39, 0.29) is 11.9 Å². The summed E-state index contributed by atoms with van der Waals surface area (Å²) in [6.07, 6.45) is 0.895. The maximum absolute atomic E-state index is 12.9. The fourth-order valence-electron chi connectivity index (χ4n) is 4.34. The number of hydrogen-bond donors (Lipinski definition) is 1. The van der Waals surface area contributed by atoms with Crippen molar-refractivity contribution in [1.82, 2.24) is 14.7 Å². The largest absolute Gasteiger partial charge is 0.469 e. The molecule has 1 aliphatic rings. The molecule has 8 heteroatoms. The Kier molecular flexibility index (Phi) is 7.94. The van der Waals surface area contributed by atoms with Crippen LogP contribution in [0, 0.1) is 13.8 Å². The molecule has 1 aromatic heterocycles. The van der Waals surface area contributed by atoms with Gasteiger partial charge in [-0.2, -0.15) is 5.10 Å². The van der Waals surface area contributed by atoms with Gasteiger partial charge in [0.2, 0.25) is 0 Å². The number of morpholine rings is 1. The lowest BCUT2D eigenvalue weighted by Gasteiger charge is -2.26. The number of rotatable bonds is 8. The summed E-state index contributed by atoms with van der Waals surface area (Å²) in [6.45, 7) is 8.13. The molecule has 2 aromatic carbocycles. The first-order chi connectivity index (χ1) is 16.9. The Labute approximate surface area is 205 Å². The standard InChI is InChI=1S/C27H32N4O4/c1-19-25(11-12-26(32)34-3)20(2)31(29-19)24-9-7-22(8-10-24)27(33)28-23-6-4-5-21(17-23)18-30-13-15-35-16-14-30/h4-10,17H,11-16,18H2,1-3H3,(H,28,33). The zero-order valence-corrected chi connectivity index (χ0v) is 20.5. The number of anilines is 1. The maximum Gasteiger partial charge on any atom is 0.305 e. The Morgan fingerprint density at radius 1 is 1.09 bits per heavy atom. The zero-order chi connectivity index (χ0) is 24.8. The molecule has 35 heavy (non-hydrogen) atoms. The van der Waals surface area contributed by atoms with Crippen LogP contribution >= 0.6 is 0 Å². The van der Waals surface area contributed by atoms with Crippen molar-refractivity contribution in [2.75, 3.05) is 38.7 Å². The lowest BCUT2D eigenvalue weighted by molar-refractivity contribution is -0.140. The van der Waals surface area contributed by atoms with Crippen molar-refractivity contribution < 1.29 is 19.1 Å². The number of hydrogen-bond acceptors (Lipinski definition) is 6. The van der Waals surface area contributed by atoms with Crippen LogP contribution in [-0.2, 0) is 27.2 Å². The van der Waals surface area contributed by atoms with Gasteiger partial charge in [0.1, 0.15) is 0 Å². The zero-order valence-electron chi connectivity index (χ0n) is 20.5. The van der Waals surface area contributed by atoms with E-state index >= 15 is 0 Å². The first-order valence-corrected chi connectivity index (χ1v) is 11.9.